The fraction of sp³-hybridized carbons (Fsp3) is 0.588. The normalized spacial score (nSPS) is 23.5. The first kappa shape index (κ1) is 14.5. The van der Waals surface area contributed by atoms with Crippen molar-refractivity contribution in [1.29, 1.82) is 0 Å². The van der Waals surface area contributed by atoms with Crippen LogP contribution in [0.25, 0.3) is 0 Å². The van der Waals surface area contributed by atoms with Gasteiger partial charge in [-0.05, 0) is 30.5 Å². The van der Waals surface area contributed by atoms with Crippen molar-refractivity contribution in [3.05, 3.63) is 35.6 Å². The highest BCUT2D eigenvalue weighted by Gasteiger charge is 2.30. The van der Waals surface area contributed by atoms with Gasteiger partial charge in [-0.2, -0.15) is 0 Å². The molecule has 114 valence electrons. The average molecular weight is 291 g/mol. The summed E-state index contributed by atoms with van der Waals surface area (Å²) in [5.41, 5.74) is 1.05. The number of halogens is 1. The lowest BCUT2D eigenvalue weighted by molar-refractivity contribution is -0.142. The van der Waals surface area contributed by atoms with E-state index in [1.807, 2.05) is 4.90 Å². The number of rotatable bonds is 3. The summed E-state index contributed by atoms with van der Waals surface area (Å²) < 4.78 is 18.7. The SMILES string of the molecule is O=C(C1CCCC1)N1CCO[C@H](Cc2ccc(F)cc2)C1. The van der Waals surface area contributed by atoms with E-state index < -0.39 is 0 Å². The summed E-state index contributed by atoms with van der Waals surface area (Å²) >= 11 is 0. The Bertz CT molecular complexity index is 482. The van der Waals surface area contributed by atoms with Gasteiger partial charge in [-0.1, -0.05) is 25.0 Å². The highest BCUT2D eigenvalue weighted by molar-refractivity contribution is 5.79. The van der Waals surface area contributed by atoms with Gasteiger partial charge in [0, 0.05) is 25.4 Å². The molecule has 1 aromatic carbocycles. The van der Waals surface area contributed by atoms with Gasteiger partial charge < -0.3 is 9.64 Å². The summed E-state index contributed by atoms with van der Waals surface area (Å²) in [6, 6.07) is 6.52. The van der Waals surface area contributed by atoms with Crippen molar-refractivity contribution in [3.63, 3.8) is 0 Å². The number of hydrogen-bond donors (Lipinski definition) is 0. The number of nitrogens with zero attached hydrogens (tertiary/aromatic N) is 1. The summed E-state index contributed by atoms with van der Waals surface area (Å²) in [6.45, 7) is 1.96. The van der Waals surface area contributed by atoms with Crippen LogP contribution in [-0.4, -0.2) is 36.6 Å². The Balaban J connectivity index is 1.57. The number of carbonyl (C=O) groups is 1. The van der Waals surface area contributed by atoms with Crippen molar-refractivity contribution in [2.75, 3.05) is 19.7 Å². The molecule has 1 aliphatic carbocycles. The Morgan fingerprint density at radius 1 is 1.24 bits per heavy atom. The summed E-state index contributed by atoms with van der Waals surface area (Å²) in [7, 11) is 0. The molecule has 3 rings (SSSR count). The van der Waals surface area contributed by atoms with E-state index in [1.165, 1.54) is 25.0 Å². The van der Waals surface area contributed by atoms with E-state index in [0.717, 1.165) is 24.8 Å². The molecular weight excluding hydrogens is 269 g/mol. The van der Waals surface area contributed by atoms with E-state index >= 15 is 0 Å². The van der Waals surface area contributed by atoms with E-state index in [1.54, 1.807) is 12.1 Å². The molecule has 4 heteroatoms. The van der Waals surface area contributed by atoms with Crippen molar-refractivity contribution < 1.29 is 13.9 Å². The zero-order valence-electron chi connectivity index (χ0n) is 12.3. The lowest BCUT2D eigenvalue weighted by atomic mass is 10.0. The minimum absolute atomic E-state index is 0.0227. The summed E-state index contributed by atoms with van der Waals surface area (Å²) in [6.07, 6.45) is 5.20. The molecule has 1 amide bonds. The van der Waals surface area contributed by atoms with E-state index in [-0.39, 0.29) is 17.8 Å². The van der Waals surface area contributed by atoms with Gasteiger partial charge in [0.2, 0.25) is 5.91 Å². The predicted molar refractivity (Wildman–Crippen MR) is 78.4 cm³/mol. The Morgan fingerprint density at radius 3 is 2.67 bits per heavy atom. The van der Waals surface area contributed by atoms with Crippen LogP contribution in [0.1, 0.15) is 31.2 Å². The number of carbonyl (C=O) groups excluding carboxylic acids is 1. The minimum atomic E-state index is -0.221. The molecule has 0 N–H and O–H groups in total. The van der Waals surface area contributed by atoms with Crippen LogP contribution in [-0.2, 0) is 16.0 Å². The van der Waals surface area contributed by atoms with Gasteiger partial charge in [-0.15, -0.1) is 0 Å². The van der Waals surface area contributed by atoms with Crippen LogP contribution in [0.4, 0.5) is 4.39 Å². The van der Waals surface area contributed by atoms with Crippen LogP contribution in [0.2, 0.25) is 0 Å². The van der Waals surface area contributed by atoms with Crippen molar-refractivity contribution in [1.82, 2.24) is 4.90 Å². The zero-order valence-corrected chi connectivity index (χ0v) is 12.3. The van der Waals surface area contributed by atoms with Crippen LogP contribution in [0.3, 0.4) is 0 Å². The maximum absolute atomic E-state index is 12.9. The average Bonchev–Trinajstić information content (AvgIpc) is 3.03. The number of morpholine rings is 1. The second-order valence-electron chi connectivity index (χ2n) is 6.09. The quantitative estimate of drug-likeness (QED) is 0.857. The molecule has 21 heavy (non-hydrogen) atoms. The summed E-state index contributed by atoms with van der Waals surface area (Å²) in [5, 5.41) is 0. The number of hydrogen-bond acceptors (Lipinski definition) is 2. The van der Waals surface area contributed by atoms with Gasteiger partial charge in [0.05, 0.1) is 12.7 Å². The number of amides is 1. The van der Waals surface area contributed by atoms with E-state index in [4.69, 9.17) is 4.74 Å². The molecule has 2 aliphatic rings. The largest absolute Gasteiger partial charge is 0.374 e. The van der Waals surface area contributed by atoms with Gasteiger partial charge in [-0.3, -0.25) is 4.79 Å². The smallest absolute Gasteiger partial charge is 0.225 e. The van der Waals surface area contributed by atoms with Crippen LogP contribution in [0.15, 0.2) is 24.3 Å². The summed E-state index contributed by atoms with van der Waals surface area (Å²) in [5.74, 6) is 0.316. The maximum atomic E-state index is 12.9. The first-order chi connectivity index (χ1) is 10.2. The molecule has 3 nitrogen and oxygen atoms in total. The van der Waals surface area contributed by atoms with E-state index in [9.17, 15) is 9.18 Å². The predicted octanol–water partition coefficient (Wildman–Crippen LogP) is 2.79. The third-order valence-electron chi connectivity index (χ3n) is 4.53. The Hall–Kier alpha value is -1.42. The van der Waals surface area contributed by atoms with Crippen LogP contribution < -0.4 is 0 Å². The van der Waals surface area contributed by atoms with Gasteiger partial charge in [0.25, 0.3) is 0 Å². The van der Waals surface area contributed by atoms with Gasteiger partial charge in [-0.25, -0.2) is 4.39 Å². The molecule has 0 spiro atoms. The first-order valence-corrected chi connectivity index (χ1v) is 7.87. The topological polar surface area (TPSA) is 29.5 Å². The molecule has 1 heterocycles. The van der Waals surface area contributed by atoms with Crippen molar-refractivity contribution in [2.45, 2.75) is 38.2 Å². The third kappa shape index (κ3) is 3.62. The lowest BCUT2D eigenvalue weighted by Gasteiger charge is -2.34. The second-order valence-corrected chi connectivity index (χ2v) is 6.09. The minimum Gasteiger partial charge on any atom is -0.374 e. The molecule has 0 bridgehead atoms. The zero-order chi connectivity index (χ0) is 14.7. The monoisotopic (exact) mass is 291 g/mol. The Morgan fingerprint density at radius 2 is 1.95 bits per heavy atom. The summed E-state index contributed by atoms with van der Waals surface area (Å²) in [4.78, 5) is 14.4. The third-order valence-corrected chi connectivity index (χ3v) is 4.53. The first-order valence-electron chi connectivity index (χ1n) is 7.87. The molecule has 0 aromatic heterocycles. The van der Waals surface area contributed by atoms with Crippen LogP contribution in [0.5, 0.6) is 0 Å². The Kier molecular flexibility index (Phi) is 4.54. The van der Waals surface area contributed by atoms with E-state index in [0.29, 0.717) is 25.6 Å². The van der Waals surface area contributed by atoms with Crippen molar-refractivity contribution in [2.24, 2.45) is 5.92 Å². The standard InChI is InChI=1S/C17H22FNO2/c18-15-7-5-13(6-8-15)11-16-12-19(9-10-21-16)17(20)14-3-1-2-4-14/h5-8,14,16H,1-4,9-12H2/t16-/m1/s1. The fourth-order valence-corrected chi connectivity index (χ4v) is 3.36. The Labute approximate surface area is 125 Å². The van der Waals surface area contributed by atoms with Crippen molar-refractivity contribution >= 4 is 5.91 Å². The number of ether oxygens (including phenoxy) is 1. The highest BCUT2D eigenvalue weighted by Crippen LogP contribution is 2.27. The van der Waals surface area contributed by atoms with Gasteiger partial charge in [0.15, 0.2) is 0 Å². The molecular formula is C17H22FNO2. The van der Waals surface area contributed by atoms with Gasteiger partial charge >= 0.3 is 0 Å². The van der Waals surface area contributed by atoms with Gasteiger partial charge in [0.1, 0.15) is 5.82 Å². The van der Waals surface area contributed by atoms with Crippen LogP contribution >= 0.6 is 0 Å². The molecule has 0 unspecified atom stereocenters. The maximum Gasteiger partial charge on any atom is 0.225 e. The molecule has 2 fully saturated rings. The molecule has 1 saturated carbocycles. The fourth-order valence-electron chi connectivity index (χ4n) is 3.36. The highest BCUT2D eigenvalue weighted by atomic mass is 19.1. The number of benzene rings is 1. The van der Waals surface area contributed by atoms with Crippen molar-refractivity contribution in [3.8, 4) is 0 Å². The van der Waals surface area contributed by atoms with E-state index in [2.05, 4.69) is 0 Å². The second kappa shape index (κ2) is 6.56. The molecule has 1 saturated heterocycles. The lowest BCUT2D eigenvalue weighted by Crippen LogP contribution is -2.48. The molecule has 1 aliphatic heterocycles. The molecule has 0 radical (unpaired) electrons. The van der Waals surface area contributed by atoms with Crippen LogP contribution in [0, 0.1) is 11.7 Å². The molecule has 1 aromatic rings. The molecule has 1 atom stereocenters.